The summed E-state index contributed by atoms with van der Waals surface area (Å²) in [6.45, 7) is 12.3. The highest BCUT2D eigenvalue weighted by molar-refractivity contribution is 5.44. The van der Waals surface area contributed by atoms with E-state index in [9.17, 15) is 5.11 Å². The molecule has 21 heavy (non-hydrogen) atoms. The van der Waals surface area contributed by atoms with Crippen molar-refractivity contribution >= 4 is 0 Å². The van der Waals surface area contributed by atoms with Crippen molar-refractivity contribution in [3.63, 3.8) is 0 Å². The molecule has 0 aliphatic heterocycles. The number of aliphatic hydroxyl groups excluding tert-OH is 1. The van der Waals surface area contributed by atoms with Crippen LogP contribution in [0.4, 0.5) is 0 Å². The molecule has 0 spiro atoms. The van der Waals surface area contributed by atoms with E-state index in [1.165, 1.54) is 16.7 Å². The predicted molar refractivity (Wildman–Crippen MR) is 89.2 cm³/mol. The Morgan fingerprint density at radius 2 is 1.81 bits per heavy atom. The van der Waals surface area contributed by atoms with Gasteiger partial charge in [-0.3, -0.25) is 0 Å². The number of hydrogen-bond acceptors (Lipinski definition) is 3. The first-order valence-electron chi connectivity index (χ1n) is 7.99. The minimum atomic E-state index is -0.163. The number of likely N-dealkylation sites (N-methyl/N-ethyl adjacent to an activating group) is 1. The summed E-state index contributed by atoms with van der Waals surface area (Å²) < 4.78 is 5.97. The first kappa shape index (κ1) is 18.0. The van der Waals surface area contributed by atoms with Crippen LogP contribution in [-0.2, 0) is 0 Å². The van der Waals surface area contributed by atoms with Crippen LogP contribution in [-0.4, -0.2) is 30.4 Å². The molecule has 1 aromatic carbocycles. The number of ether oxygens (including phenoxy) is 1. The third kappa shape index (κ3) is 5.33. The zero-order valence-corrected chi connectivity index (χ0v) is 14.3. The smallest absolute Gasteiger partial charge is 0.125 e. The molecule has 1 rings (SSSR count). The van der Waals surface area contributed by atoms with Crippen LogP contribution >= 0.6 is 0 Å². The standard InChI is InChI=1S/C18H31NO2/c1-6-19-18(5,13-20)11-7-8-12-21-17-15(3)10-9-14(2)16(17)4/h9-10,19-20H,6-8,11-13H2,1-5H3. The first-order chi connectivity index (χ1) is 9.93. The van der Waals surface area contributed by atoms with Crippen molar-refractivity contribution in [2.45, 2.75) is 59.4 Å². The molecular weight excluding hydrogens is 262 g/mol. The molecular formula is C18H31NO2. The van der Waals surface area contributed by atoms with E-state index in [1.807, 2.05) is 0 Å². The lowest BCUT2D eigenvalue weighted by Gasteiger charge is -2.28. The highest BCUT2D eigenvalue weighted by atomic mass is 16.5. The van der Waals surface area contributed by atoms with Gasteiger partial charge in [-0.1, -0.05) is 19.1 Å². The Bertz CT molecular complexity index is 445. The maximum atomic E-state index is 9.46. The van der Waals surface area contributed by atoms with E-state index in [-0.39, 0.29) is 12.1 Å². The summed E-state index contributed by atoms with van der Waals surface area (Å²) in [5.41, 5.74) is 3.55. The third-order valence-corrected chi connectivity index (χ3v) is 4.20. The lowest BCUT2D eigenvalue weighted by Crippen LogP contribution is -2.45. The van der Waals surface area contributed by atoms with Gasteiger partial charge in [0.1, 0.15) is 5.75 Å². The second kappa shape index (κ2) is 8.40. The minimum absolute atomic E-state index is 0.163. The molecule has 0 aliphatic carbocycles. The van der Waals surface area contributed by atoms with Crippen LogP contribution in [0.25, 0.3) is 0 Å². The monoisotopic (exact) mass is 293 g/mol. The zero-order valence-electron chi connectivity index (χ0n) is 14.3. The van der Waals surface area contributed by atoms with Gasteiger partial charge in [0, 0.05) is 5.54 Å². The molecule has 0 heterocycles. The number of rotatable bonds is 9. The maximum absolute atomic E-state index is 9.46. The maximum Gasteiger partial charge on any atom is 0.125 e. The molecule has 0 fully saturated rings. The molecule has 1 aromatic rings. The van der Waals surface area contributed by atoms with Crippen molar-refractivity contribution < 1.29 is 9.84 Å². The Morgan fingerprint density at radius 3 is 2.43 bits per heavy atom. The van der Waals surface area contributed by atoms with Crippen LogP contribution in [0.15, 0.2) is 12.1 Å². The summed E-state index contributed by atoms with van der Waals surface area (Å²) >= 11 is 0. The highest BCUT2D eigenvalue weighted by Gasteiger charge is 2.20. The molecule has 0 radical (unpaired) electrons. The normalized spacial score (nSPS) is 14.0. The summed E-state index contributed by atoms with van der Waals surface area (Å²) in [5.74, 6) is 1.03. The average Bonchev–Trinajstić information content (AvgIpc) is 2.46. The molecule has 120 valence electrons. The molecule has 0 saturated heterocycles. The Morgan fingerprint density at radius 1 is 1.14 bits per heavy atom. The number of hydrogen-bond donors (Lipinski definition) is 2. The van der Waals surface area contributed by atoms with Gasteiger partial charge >= 0.3 is 0 Å². The van der Waals surface area contributed by atoms with Crippen molar-refractivity contribution in [1.29, 1.82) is 0 Å². The van der Waals surface area contributed by atoms with E-state index >= 15 is 0 Å². The number of nitrogens with one attached hydrogen (secondary N) is 1. The Labute approximate surface area is 129 Å². The Hall–Kier alpha value is -1.06. The van der Waals surface area contributed by atoms with Crippen LogP contribution in [0.1, 0.15) is 49.8 Å². The number of aryl methyl sites for hydroxylation is 2. The second-order valence-corrected chi connectivity index (χ2v) is 6.21. The van der Waals surface area contributed by atoms with Crippen LogP contribution < -0.4 is 10.1 Å². The fraction of sp³-hybridized carbons (Fsp3) is 0.667. The fourth-order valence-electron chi connectivity index (χ4n) is 2.59. The van der Waals surface area contributed by atoms with Crippen LogP contribution in [0, 0.1) is 20.8 Å². The topological polar surface area (TPSA) is 41.5 Å². The third-order valence-electron chi connectivity index (χ3n) is 4.20. The van der Waals surface area contributed by atoms with Crippen LogP contribution in [0.5, 0.6) is 5.75 Å². The summed E-state index contributed by atoms with van der Waals surface area (Å²) in [4.78, 5) is 0. The van der Waals surface area contributed by atoms with Gasteiger partial charge in [-0.25, -0.2) is 0 Å². The van der Waals surface area contributed by atoms with Gasteiger partial charge in [0.05, 0.1) is 13.2 Å². The lowest BCUT2D eigenvalue weighted by atomic mass is 9.96. The van der Waals surface area contributed by atoms with Crippen molar-refractivity contribution in [1.82, 2.24) is 5.32 Å². The van der Waals surface area contributed by atoms with Crippen molar-refractivity contribution in [3.05, 3.63) is 28.8 Å². The number of unbranched alkanes of at least 4 members (excludes halogenated alkanes) is 1. The SMILES string of the molecule is CCNC(C)(CO)CCCCOc1c(C)ccc(C)c1C. The van der Waals surface area contributed by atoms with Crippen molar-refractivity contribution in [2.24, 2.45) is 0 Å². The number of aliphatic hydroxyl groups is 1. The molecule has 1 atom stereocenters. The van der Waals surface area contributed by atoms with Crippen LogP contribution in [0.3, 0.4) is 0 Å². The predicted octanol–water partition coefficient (Wildman–Crippen LogP) is 3.52. The summed E-state index contributed by atoms with van der Waals surface area (Å²) in [5, 5.41) is 12.8. The van der Waals surface area contributed by atoms with Crippen molar-refractivity contribution in [2.75, 3.05) is 19.8 Å². The van der Waals surface area contributed by atoms with E-state index in [2.05, 4.69) is 52.1 Å². The van der Waals surface area contributed by atoms with E-state index in [4.69, 9.17) is 4.74 Å². The molecule has 0 aromatic heterocycles. The molecule has 0 amide bonds. The van der Waals surface area contributed by atoms with Crippen LogP contribution in [0.2, 0.25) is 0 Å². The zero-order chi connectivity index (χ0) is 15.9. The summed E-state index contributed by atoms with van der Waals surface area (Å²) in [6, 6.07) is 4.26. The average molecular weight is 293 g/mol. The first-order valence-corrected chi connectivity index (χ1v) is 7.99. The Kier molecular flexibility index (Phi) is 7.20. The largest absolute Gasteiger partial charge is 0.493 e. The molecule has 3 nitrogen and oxygen atoms in total. The summed E-state index contributed by atoms with van der Waals surface area (Å²) in [6.07, 6.45) is 3.02. The van der Waals surface area contributed by atoms with Gasteiger partial charge < -0.3 is 15.2 Å². The van der Waals surface area contributed by atoms with E-state index < -0.39 is 0 Å². The second-order valence-electron chi connectivity index (χ2n) is 6.21. The summed E-state index contributed by atoms with van der Waals surface area (Å²) in [7, 11) is 0. The highest BCUT2D eigenvalue weighted by Crippen LogP contribution is 2.26. The molecule has 3 heteroatoms. The van der Waals surface area contributed by atoms with Gasteiger partial charge in [-0.05, 0) is 70.2 Å². The molecule has 2 N–H and O–H groups in total. The molecule has 0 saturated carbocycles. The van der Waals surface area contributed by atoms with E-state index in [0.717, 1.165) is 38.2 Å². The minimum Gasteiger partial charge on any atom is -0.493 e. The van der Waals surface area contributed by atoms with Gasteiger partial charge in [0.25, 0.3) is 0 Å². The van der Waals surface area contributed by atoms with Crippen molar-refractivity contribution in [3.8, 4) is 5.75 Å². The van der Waals surface area contributed by atoms with E-state index in [0.29, 0.717) is 0 Å². The van der Waals surface area contributed by atoms with Gasteiger partial charge in [-0.15, -0.1) is 0 Å². The van der Waals surface area contributed by atoms with E-state index in [1.54, 1.807) is 0 Å². The molecule has 0 aliphatic rings. The van der Waals surface area contributed by atoms with Gasteiger partial charge in [-0.2, -0.15) is 0 Å². The number of benzene rings is 1. The molecule has 0 bridgehead atoms. The molecule has 1 unspecified atom stereocenters. The Balaban J connectivity index is 2.40. The fourth-order valence-corrected chi connectivity index (χ4v) is 2.59. The van der Waals surface area contributed by atoms with Gasteiger partial charge in [0.2, 0.25) is 0 Å². The van der Waals surface area contributed by atoms with Gasteiger partial charge in [0.15, 0.2) is 0 Å². The quantitative estimate of drug-likeness (QED) is 0.685. The lowest BCUT2D eigenvalue weighted by molar-refractivity contribution is 0.162.